The molecule has 1 N–H and O–H groups in total. The predicted octanol–water partition coefficient (Wildman–Crippen LogP) is 1.97. The standard InChI is InChI=1S/C15H27N3O2/c1-10(2)17-9-13(8-14(17)19)16-15(20)18-11(3)6-5-7-12(18)4/h10-13H,5-9H2,1-4H3,(H,16,20). The minimum absolute atomic E-state index is 0.00638. The van der Waals surface area contributed by atoms with Crippen LogP contribution in [0.5, 0.6) is 0 Å². The van der Waals surface area contributed by atoms with Crippen molar-refractivity contribution in [2.24, 2.45) is 0 Å². The zero-order valence-electron chi connectivity index (χ0n) is 13.1. The Balaban J connectivity index is 1.93. The molecule has 114 valence electrons. The van der Waals surface area contributed by atoms with Crippen LogP contribution in [0.25, 0.3) is 0 Å². The van der Waals surface area contributed by atoms with Gasteiger partial charge in [0.2, 0.25) is 5.91 Å². The molecule has 2 fully saturated rings. The maximum atomic E-state index is 12.4. The summed E-state index contributed by atoms with van der Waals surface area (Å²) in [4.78, 5) is 28.1. The van der Waals surface area contributed by atoms with Crippen LogP contribution in [-0.2, 0) is 4.79 Å². The molecule has 2 aliphatic rings. The van der Waals surface area contributed by atoms with Gasteiger partial charge >= 0.3 is 6.03 Å². The van der Waals surface area contributed by atoms with Crippen LogP contribution in [0.3, 0.4) is 0 Å². The Kier molecular flexibility index (Phi) is 4.55. The van der Waals surface area contributed by atoms with Crippen molar-refractivity contribution in [1.82, 2.24) is 15.1 Å². The normalized spacial score (nSPS) is 31.1. The van der Waals surface area contributed by atoms with Crippen LogP contribution in [0.4, 0.5) is 4.79 Å². The van der Waals surface area contributed by atoms with E-state index >= 15 is 0 Å². The number of amides is 3. The molecular weight excluding hydrogens is 254 g/mol. The predicted molar refractivity (Wildman–Crippen MR) is 78.4 cm³/mol. The highest BCUT2D eigenvalue weighted by atomic mass is 16.2. The molecule has 0 saturated carbocycles. The van der Waals surface area contributed by atoms with Gasteiger partial charge in [-0.05, 0) is 47.0 Å². The van der Waals surface area contributed by atoms with Gasteiger partial charge in [0.1, 0.15) is 0 Å². The topological polar surface area (TPSA) is 52.7 Å². The number of carbonyl (C=O) groups excluding carboxylic acids is 2. The van der Waals surface area contributed by atoms with E-state index in [1.54, 1.807) is 0 Å². The summed E-state index contributed by atoms with van der Waals surface area (Å²) in [7, 11) is 0. The van der Waals surface area contributed by atoms with E-state index in [9.17, 15) is 9.59 Å². The number of nitrogens with zero attached hydrogens (tertiary/aromatic N) is 2. The molecule has 2 saturated heterocycles. The fourth-order valence-corrected chi connectivity index (χ4v) is 3.40. The number of carbonyl (C=O) groups is 2. The first-order valence-electron chi connectivity index (χ1n) is 7.78. The van der Waals surface area contributed by atoms with Crippen molar-refractivity contribution in [1.29, 1.82) is 0 Å². The van der Waals surface area contributed by atoms with Crippen molar-refractivity contribution in [2.45, 2.75) is 77.5 Å². The molecule has 5 heteroatoms. The SMILES string of the molecule is CC(C)N1CC(NC(=O)N2C(C)CCCC2C)CC1=O. The molecule has 2 aliphatic heterocycles. The fraction of sp³-hybridized carbons (Fsp3) is 0.867. The summed E-state index contributed by atoms with van der Waals surface area (Å²) >= 11 is 0. The zero-order chi connectivity index (χ0) is 14.9. The van der Waals surface area contributed by atoms with Gasteiger partial charge in [-0.3, -0.25) is 4.79 Å². The summed E-state index contributed by atoms with van der Waals surface area (Å²) in [5, 5.41) is 3.05. The summed E-state index contributed by atoms with van der Waals surface area (Å²) in [6, 6.07) is 0.734. The van der Waals surface area contributed by atoms with Gasteiger partial charge < -0.3 is 15.1 Å². The molecular formula is C15H27N3O2. The Bertz CT molecular complexity index is 373. The third-order valence-corrected chi connectivity index (χ3v) is 4.54. The van der Waals surface area contributed by atoms with Crippen molar-refractivity contribution >= 4 is 11.9 Å². The molecule has 3 atom stereocenters. The average molecular weight is 281 g/mol. The van der Waals surface area contributed by atoms with E-state index < -0.39 is 0 Å². The Morgan fingerprint density at radius 3 is 2.35 bits per heavy atom. The van der Waals surface area contributed by atoms with Gasteiger partial charge in [0.25, 0.3) is 0 Å². The van der Waals surface area contributed by atoms with Crippen LogP contribution < -0.4 is 5.32 Å². The molecule has 5 nitrogen and oxygen atoms in total. The van der Waals surface area contributed by atoms with E-state index in [0.29, 0.717) is 13.0 Å². The molecule has 2 heterocycles. The summed E-state index contributed by atoms with van der Waals surface area (Å²) in [6.45, 7) is 8.87. The van der Waals surface area contributed by atoms with Crippen molar-refractivity contribution in [3.8, 4) is 0 Å². The summed E-state index contributed by atoms with van der Waals surface area (Å²) < 4.78 is 0. The van der Waals surface area contributed by atoms with Crippen molar-refractivity contribution in [3.63, 3.8) is 0 Å². The molecule has 2 rings (SSSR count). The molecule has 0 spiro atoms. The van der Waals surface area contributed by atoms with Gasteiger partial charge in [0.05, 0.1) is 6.04 Å². The first-order valence-corrected chi connectivity index (χ1v) is 7.78. The lowest BCUT2D eigenvalue weighted by Crippen LogP contribution is -2.54. The lowest BCUT2D eigenvalue weighted by Gasteiger charge is -2.39. The van der Waals surface area contributed by atoms with E-state index in [4.69, 9.17) is 0 Å². The summed E-state index contributed by atoms with van der Waals surface area (Å²) in [6.07, 6.45) is 3.76. The van der Waals surface area contributed by atoms with Crippen LogP contribution in [-0.4, -0.2) is 52.5 Å². The van der Waals surface area contributed by atoms with E-state index in [0.717, 1.165) is 12.8 Å². The minimum Gasteiger partial charge on any atom is -0.338 e. The Labute approximate surface area is 121 Å². The Hall–Kier alpha value is -1.26. The Morgan fingerprint density at radius 2 is 1.85 bits per heavy atom. The molecule has 0 aliphatic carbocycles. The van der Waals surface area contributed by atoms with Crippen LogP contribution in [0, 0.1) is 0 Å². The summed E-state index contributed by atoms with van der Waals surface area (Å²) in [5.41, 5.74) is 0. The number of urea groups is 1. The zero-order valence-corrected chi connectivity index (χ0v) is 13.1. The molecule has 0 radical (unpaired) electrons. The van der Waals surface area contributed by atoms with Crippen LogP contribution in [0.15, 0.2) is 0 Å². The second kappa shape index (κ2) is 6.02. The largest absolute Gasteiger partial charge is 0.338 e. The average Bonchev–Trinajstić information content (AvgIpc) is 2.70. The molecule has 0 aromatic heterocycles. The van der Waals surface area contributed by atoms with Gasteiger partial charge in [0, 0.05) is 31.1 Å². The minimum atomic E-state index is -0.0428. The number of hydrogen-bond donors (Lipinski definition) is 1. The van der Waals surface area contributed by atoms with E-state index in [2.05, 4.69) is 19.2 Å². The van der Waals surface area contributed by atoms with Crippen molar-refractivity contribution in [3.05, 3.63) is 0 Å². The molecule has 3 unspecified atom stereocenters. The number of hydrogen-bond acceptors (Lipinski definition) is 2. The lowest BCUT2D eigenvalue weighted by atomic mass is 9.98. The second-order valence-electron chi connectivity index (χ2n) is 6.53. The highest BCUT2D eigenvalue weighted by Gasteiger charge is 2.35. The highest BCUT2D eigenvalue weighted by Crippen LogP contribution is 2.23. The van der Waals surface area contributed by atoms with E-state index in [-0.39, 0.29) is 36.1 Å². The smallest absolute Gasteiger partial charge is 0.318 e. The third kappa shape index (κ3) is 3.07. The maximum absolute atomic E-state index is 12.4. The highest BCUT2D eigenvalue weighted by molar-refractivity contribution is 5.82. The van der Waals surface area contributed by atoms with Gasteiger partial charge in [0.15, 0.2) is 0 Å². The second-order valence-corrected chi connectivity index (χ2v) is 6.53. The molecule has 0 aromatic carbocycles. The van der Waals surface area contributed by atoms with Crippen LogP contribution in [0.1, 0.15) is 53.4 Å². The van der Waals surface area contributed by atoms with Gasteiger partial charge in [-0.25, -0.2) is 4.79 Å². The van der Waals surface area contributed by atoms with Crippen LogP contribution in [0.2, 0.25) is 0 Å². The number of rotatable bonds is 2. The first-order chi connectivity index (χ1) is 9.40. The van der Waals surface area contributed by atoms with Crippen molar-refractivity contribution < 1.29 is 9.59 Å². The van der Waals surface area contributed by atoms with Gasteiger partial charge in [-0.2, -0.15) is 0 Å². The molecule has 3 amide bonds. The maximum Gasteiger partial charge on any atom is 0.318 e. The fourth-order valence-electron chi connectivity index (χ4n) is 3.40. The first kappa shape index (κ1) is 15.1. The molecule has 0 bridgehead atoms. The van der Waals surface area contributed by atoms with Crippen molar-refractivity contribution in [2.75, 3.05) is 6.54 Å². The quantitative estimate of drug-likeness (QED) is 0.841. The monoisotopic (exact) mass is 281 g/mol. The van der Waals surface area contributed by atoms with E-state index in [1.807, 2.05) is 23.6 Å². The summed E-state index contributed by atoms with van der Waals surface area (Å²) in [5.74, 6) is 0.144. The number of nitrogens with one attached hydrogen (secondary N) is 1. The lowest BCUT2D eigenvalue weighted by molar-refractivity contribution is -0.129. The third-order valence-electron chi connectivity index (χ3n) is 4.54. The van der Waals surface area contributed by atoms with E-state index in [1.165, 1.54) is 6.42 Å². The van der Waals surface area contributed by atoms with Crippen LogP contribution >= 0.6 is 0 Å². The molecule has 0 aromatic rings. The van der Waals surface area contributed by atoms with Gasteiger partial charge in [-0.15, -0.1) is 0 Å². The number of piperidine rings is 1. The Morgan fingerprint density at radius 1 is 1.25 bits per heavy atom. The molecule has 20 heavy (non-hydrogen) atoms. The number of likely N-dealkylation sites (tertiary alicyclic amines) is 2. The van der Waals surface area contributed by atoms with Gasteiger partial charge in [-0.1, -0.05) is 0 Å².